The maximum absolute atomic E-state index is 5.59. The monoisotopic (exact) mass is 267 g/mol. The van der Waals surface area contributed by atoms with Crippen LogP contribution in [0.3, 0.4) is 0 Å². The summed E-state index contributed by atoms with van der Waals surface area (Å²) in [7, 11) is 1.66. The van der Waals surface area contributed by atoms with Gasteiger partial charge in [0.05, 0.1) is 7.11 Å². The molecule has 0 amide bonds. The quantitative estimate of drug-likeness (QED) is 0.521. The van der Waals surface area contributed by atoms with Crippen molar-refractivity contribution in [3.05, 3.63) is 36.9 Å². The van der Waals surface area contributed by atoms with E-state index in [4.69, 9.17) is 9.47 Å². The topological polar surface area (TPSA) is 30.5 Å². The summed E-state index contributed by atoms with van der Waals surface area (Å²) >= 11 is 1.88. The number of benzene rings is 1. The van der Waals surface area contributed by atoms with E-state index in [1.165, 1.54) is 0 Å². The van der Waals surface area contributed by atoms with E-state index in [1.807, 2.05) is 42.1 Å². The second-order valence-corrected chi connectivity index (χ2v) is 4.79. The second-order valence-electron chi connectivity index (χ2n) is 3.64. The molecule has 0 spiro atoms. The molecule has 1 aromatic carbocycles. The molecule has 1 rings (SSSR count). The highest BCUT2D eigenvalue weighted by Crippen LogP contribution is 2.16. The highest BCUT2D eigenvalue weighted by atomic mass is 32.2. The van der Waals surface area contributed by atoms with Gasteiger partial charge in [-0.05, 0) is 24.3 Å². The molecule has 18 heavy (non-hydrogen) atoms. The minimum atomic E-state index is 0.679. The molecule has 0 aromatic heterocycles. The number of ether oxygens (including phenoxy) is 2. The zero-order valence-electron chi connectivity index (χ0n) is 10.9. The Morgan fingerprint density at radius 2 is 1.94 bits per heavy atom. The largest absolute Gasteiger partial charge is 0.497 e. The van der Waals surface area contributed by atoms with Gasteiger partial charge in [0.25, 0.3) is 0 Å². The van der Waals surface area contributed by atoms with E-state index in [2.05, 4.69) is 11.9 Å². The molecule has 1 N–H and O–H groups in total. The Labute approximate surface area is 114 Å². The summed E-state index contributed by atoms with van der Waals surface area (Å²) in [5.41, 5.74) is 0. The van der Waals surface area contributed by atoms with Crippen molar-refractivity contribution in [2.24, 2.45) is 0 Å². The number of methoxy groups -OCH3 is 1. The molecule has 0 heterocycles. The molecular weight excluding hydrogens is 246 g/mol. The molecule has 0 aliphatic rings. The van der Waals surface area contributed by atoms with Gasteiger partial charge in [-0.15, -0.1) is 6.58 Å². The van der Waals surface area contributed by atoms with Crippen molar-refractivity contribution >= 4 is 11.8 Å². The lowest BCUT2D eigenvalue weighted by Gasteiger charge is -2.08. The fourth-order valence-corrected chi connectivity index (χ4v) is 1.97. The Morgan fingerprint density at radius 1 is 1.22 bits per heavy atom. The Hall–Kier alpha value is -1.13. The summed E-state index contributed by atoms with van der Waals surface area (Å²) in [5.74, 6) is 3.84. The van der Waals surface area contributed by atoms with Crippen molar-refractivity contribution in [2.45, 2.75) is 0 Å². The lowest BCUT2D eigenvalue weighted by Crippen LogP contribution is -2.23. The van der Waals surface area contributed by atoms with Crippen LogP contribution in [0.5, 0.6) is 11.5 Å². The smallest absolute Gasteiger partial charge is 0.119 e. The van der Waals surface area contributed by atoms with Gasteiger partial charge >= 0.3 is 0 Å². The number of thioether (sulfide) groups is 1. The molecule has 0 atom stereocenters. The van der Waals surface area contributed by atoms with E-state index in [9.17, 15) is 0 Å². The summed E-state index contributed by atoms with van der Waals surface area (Å²) in [6.07, 6.45) is 1.93. The lowest BCUT2D eigenvalue weighted by molar-refractivity contribution is 0.315. The van der Waals surface area contributed by atoms with Crippen molar-refractivity contribution in [3.63, 3.8) is 0 Å². The Balaban J connectivity index is 2.01. The van der Waals surface area contributed by atoms with E-state index in [0.29, 0.717) is 6.61 Å². The number of hydrogen-bond acceptors (Lipinski definition) is 4. The molecule has 0 saturated carbocycles. The zero-order valence-corrected chi connectivity index (χ0v) is 11.7. The van der Waals surface area contributed by atoms with Gasteiger partial charge in [0.15, 0.2) is 0 Å². The molecule has 4 heteroatoms. The second kappa shape index (κ2) is 9.85. The van der Waals surface area contributed by atoms with E-state index in [0.717, 1.165) is 36.1 Å². The zero-order chi connectivity index (χ0) is 13.1. The average molecular weight is 267 g/mol. The van der Waals surface area contributed by atoms with Gasteiger partial charge < -0.3 is 14.8 Å². The molecule has 100 valence electrons. The first-order chi connectivity index (χ1) is 8.86. The summed E-state index contributed by atoms with van der Waals surface area (Å²) < 4.78 is 10.7. The first kappa shape index (κ1) is 14.9. The van der Waals surface area contributed by atoms with Crippen molar-refractivity contribution in [2.75, 3.05) is 38.3 Å². The number of rotatable bonds is 10. The third kappa shape index (κ3) is 6.57. The molecule has 0 unspecified atom stereocenters. The van der Waals surface area contributed by atoms with Gasteiger partial charge in [0.1, 0.15) is 18.1 Å². The molecular formula is C14H21NO2S. The molecule has 0 saturated heterocycles. The van der Waals surface area contributed by atoms with Crippen LogP contribution in [0.1, 0.15) is 0 Å². The minimum Gasteiger partial charge on any atom is -0.497 e. The van der Waals surface area contributed by atoms with E-state index >= 15 is 0 Å². The average Bonchev–Trinajstić information content (AvgIpc) is 2.42. The summed E-state index contributed by atoms with van der Waals surface area (Å²) in [5, 5.41) is 3.33. The van der Waals surface area contributed by atoms with Crippen LogP contribution in [-0.2, 0) is 0 Å². The summed E-state index contributed by atoms with van der Waals surface area (Å²) in [4.78, 5) is 0. The predicted molar refractivity (Wildman–Crippen MR) is 78.9 cm³/mol. The normalized spacial score (nSPS) is 10.1. The third-order valence-corrected chi connectivity index (χ3v) is 3.23. The van der Waals surface area contributed by atoms with E-state index in [-0.39, 0.29) is 0 Å². The van der Waals surface area contributed by atoms with Gasteiger partial charge in [-0.2, -0.15) is 11.8 Å². The standard InChI is InChI=1S/C14H21NO2S/c1-3-11-18-12-9-15-8-10-17-14-6-4-13(16-2)5-7-14/h3-7,15H,1,8-12H2,2H3. The van der Waals surface area contributed by atoms with E-state index < -0.39 is 0 Å². The SMILES string of the molecule is C=CCSCCNCCOc1ccc(OC)cc1. The van der Waals surface area contributed by atoms with Crippen LogP contribution >= 0.6 is 11.8 Å². The lowest BCUT2D eigenvalue weighted by atomic mass is 10.3. The van der Waals surface area contributed by atoms with Crippen molar-refractivity contribution in [3.8, 4) is 11.5 Å². The van der Waals surface area contributed by atoms with Crippen LogP contribution in [-0.4, -0.2) is 38.3 Å². The van der Waals surface area contributed by atoms with Gasteiger partial charge in [-0.3, -0.25) is 0 Å². The van der Waals surface area contributed by atoms with Gasteiger partial charge in [0.2, 0.25) is 0 Å². The van der Waals surface area contributed by atoms with Crippen molar-refractivity contribution < 1.29 is 9.47 Å². The minimum absolute atomic E-state index is 0.679. The molecule has 0 radical (unpaired) electrons. The van der Waals surface area contributed by atoms with Crippen LogP contribution in [0.2, 0.25) is 0 Å². The first-order valence-corrected chi connectivity index (χ1v) is 7.18. The predicted octanol–water partition coefficient (Wildman–Crippen LogP) is 2.58. The van der Waals surface area contributed by atoms with Gasteiger partial charge in [0, 0.05) is 24.6 Å². The number of hydrogen-bond donors (Lipinski definition) is 1. The Morgan fingerprint density at radius 3 is 2.61 bits per heavy atom. The summed E-state index contributed by atoms with van der Waals surface area (Å²) in [6, 6.07) is 7.63. The molecule has 3 nitrogen and oxygen atoms in total. The molecule has 0 aliphatic heterocycles. The third-order valence-electron chi connectivity index (χ3n) is 2.27. The highest BCUT2D eigenvalue weighted by molar-refractivity contribution is 7.99. The van der Waals surface area contributed by atoms with Crippen LogP contribution in [0.4, 0.5) is 0 Å². The molecule has 1 aromatic rings. The summed E-state index contributed by atoms with van der Waals surface area (Å²) in [6.45, 7) is 6.23. The van der Waals surface area contributed by atoms with Crippen LogP contribution < -0.4 is 14.8 Å². The number of nitrogens with one attached hydrogen (secondary N) is 1. The Kier molecular flexibility index (Phi) is 8.17. The van der Waals surface area contributed by atoms with Crippen LogP contribution in [0.15, 0.2) is 36.9 Å². The Bertz CT molecular complexity index is 327. The highest BCUT2D eigenvalue weighted by Gasteiger charge is 1.94. The molecule has 0 bridgehead atoms. The van der Waals surface area contributed by atoms with Gasteiger partial charge in [-0.25, -0.2) is 0 Å². The molecule has 0 fully saturated rings. The molecule has 0 aliphatic carbocycles. The van der Waals surface area contributed by atoms with Crippen molar-refractivity contribution in [1.82, 2.24) is 5.32 Å². The maximum atomic E-state index is 5.59. The van der Waals surface area contributed by atoms with E-state index in [1.54, 1.807) is 7.11 Å². The fraction of sp³-hybridized carbons (Fsp3) is 0.429. The first-order valence-electron chi connectivity index (χ1n) is 6.03. The maximum Gasteiger partial charge on any atom is 0.119 e. The van der Waals surface area contributed by atoms with Crippen molar-refractivity contribution in [1.29, 1.82) is 0 Å². The van der Waals surface area contributed by atoms with Gasteiger partial charge in [-0.1, -0.05) is 6.08 Å². The van der Waals surface area contributed by atoms with Crippen LogP contribution in [0, 0.1) is 0 Å². The van der Waals surface area contributed by atoms with Crippen LogP contribution in [0.25, 0.3) is 0 Å². The fourth-order valence-electron chi connectivity index (χ4n) is 1.35.